The molecule has 0 fully saturated rings. The Morgan fingerprint density at radius 1 is 1.41 bits per heavy atom. The van der Waals surface area contributed by atoms with Crippen molar-refractivity contribution in [3.63, 3.8) is 0 Å². The average molecular weight is 234 g/mol. The van der Waals surface area contributed by atoms with Crippen molar-refractivity contribution in [2.24, 2.45) is 0 Å². The molecule has 92 valence electrons. The van der Waals surface area contributed by atoms with Gasteiger partial charge in [0.2, 0.25) is 0 Å². The third kappa shape index (κ3) is 2.48. The number of fused-ring (bicyclic) bond motifs is 1. The number of aliphatic hydroxyl groups is 1. The summed E-state index contributed by atoms with van der Waals surface area (Å²) in [5.41, 5.74) is 2.85. The van der Waals surface area contributed by atoms with E-state index in [4.69, 9.17) is 9.52 Å². The van der Waals surface area contributed by atoms with Gasteiger partial charge in [-0.2, -0.15) is 0 Å². The van der Waals surface area contributed by atoms with E-state index in [0.29, 0.717) is 5.89 Å². The van der Waals surface area contributed by atoms with Gasteiger partial charge in [-0.15, -0.1) is 0 Å². The maximum Gasteiger partial charge on any atom is 0.192 e. The van der Waals surface area contributed by atoms with E-state index in [9.17, 15) is 0 Å². The van der Waals surface area contributed by atoms with Crippen LogP contribution in [0.2, 0.25) is 0 Å². The highest BCUT2D eigenvalue weighted by atomic mass is 16.3. The minimum atomic E-state index is 0.179. The summed E-state index contributed by atoms with van der Waals surface area (Å²) in [7, 11) is 4.02. The van der Waals surface area contributed by atoms with Crippen LogP contribution in [-0.4, -0.2) is 35.7 Å². The van der Waals surface area contributed by atoms with E-state index in [-0.39, 0.29) is 12.6 Å². The molecule has 0 saturated carbocycles. The number of aromatic nitrogens is 1. The molecule has 0 radical (unpaired) electrons. The summed E-state index contributed by atoms with van der Waals surface area (Å²) in [5, 5.41) is 9.10. The summed E-state index contributed by atoms with van der Waals surface area (Å²) in [6.07, 6.45) is 0.718. The molecule has 0 bridgehead atoms. The fourth-order valence-corrected chi connectivity index (χ4v) is 2.11. The zero-order valence-electron chi connectivity index (χ0n) is 10.5. The third-order valence-electron chi connectivity index (χ3n) is 2.93. The van der Waals surface area contributed by atoms with E-state index in [2.05, 4.69) is 9.88 Å². The lowest BCUT2D eigenvalue weighted by atomic mass is 10.0. The highest BCUT2D eigenvalue weighted by Crippen LogP contribution is 2.25. The van der Waals surface area contributed by atoms with E-state index in [1.165, 1.54) is 0 Å². The zero-order chi connectivity index (χ0) is 12.4. The van der Waals surface area contributed by atoms with Gasteiger partial charge in [-0.1, -0.05) is 6.07 Å². The van der Waals surface area contributed by atoms with Gasteiger partial charge >= 0.3 is 0 Å². The Balaban J connectivity index is 2.39. The second-order valence-electron chi connectivity index (χ2n) is 4.45. The smallest absolute Gasteiger partial charge is 0.192 e. The molecular formula is C13H18N2O2. The van der Waals surface area contributed by atoms with Gasteiger partial charge in [0, 0.05) is 19.6 Å². The molecule has 0 aliphatic carbocycles. The van der Waals surface area contributed by atoms with Crippen LogP contribution in [-0.2, 0) is 0 Å². The summed E-state index contributed by atoms with van der Waals surface area (Å²) >= 11 is 0. The molecule has 0 amide bonds. The van der Waals surface area contributed by atoms with Crippen molar-refractivity contribution in [1.29, 1.82) is 0 Å². The lowest BCUT2D eigenvalue weighted by Gasteiger charge is -2.23. The third-order valence-corrected chi connectivity index (χ3v) is 2.93. The van der Waals surface area contributed by atoms with E-state index in [1.54, 1.807) is 0 Å². The normalized spacial score (nSPS) is 13.5. The zero-order valence-corrected chi connectivity index (χ0v) is 10.5. The molecule has 17 heavy (non-hydrogen) atoms. The van der Waals surface area contributed by atoms with Gasteiger partial charge in [0.25, 0.3) is 0 Å². The van der Waals surface area contributed by atoms with Gasteiger partial charge < -0.3 is 14.4 Å². The monoisotopic (exact) mass is 234 g/mol. The van der Waals surface area contributed by atoms with Gasteiger partial charge in [-0.3, -0.25) is 0 Å². The van der Waals surface area contributed by atoms with Gasteiger partial charge in [0.05, 0.1) is 0 Å². The first kappa shape index (κ1) is 12.1. The molecule has 1 aromatic heterocycles. The summed E-state index contributed by atoms with van der Waals surface area (Å²) in [5.74, 6) is 0.681. The maximum absolute atomic E-state index is 9.10. The molecule has 0 saturated heterocycles. The summed E-state index contributed by atoms with van der Waals surface area (Å²) in [4.78, 5) is 6.43. The van der Waals surface area contributed by atoms with Crippen molar-refractivity contribution in [2.45, 2.75) is 19.4 Å². The predicted octanol–water partition coefficient (Wildman–Crippen LogP) is 2.12. The predicted molar refractivity (Wildman–Crippen MR) is 66.9 cm³/mol. The molecule has 1 N–H and O–H groups in total. The topological polar surface area (TPSA) is 49.5 Å². The van der Waals surface area contributed by atoms with Crippen molar-refractivity contribution in [2.75, 3.05) is 20.7 Å². The molecule has 1 heterocycles. The molecule has 1 atom stereocenters. The molecule has 0 aliphatic heterocycles. The highest BCUT2D eigenvalue weighted by molar-refractivity contribution is 5.73. The van der Waals surface area contributed by atoms with Crippen LogP contribution in [0.15, 0.2) is 22.6 Å². The quantitative estimate of drug-likeness (QED) is 0.880. The van der Waals surface area contributed by atoms with E-state index < -0.39 is 0 Å². The van der Waals surface area contributed by atoms with Crippen LogP contribution in [0.1, 0.15) is 23.9 Å². The molecule has 4 nitrogen and oxygen atoms in total. The van der Waals surface area contributed by atoms with Crippen LogP contribution < -0.4 is 0 Å². The SMILES string of the molecule is Cc1nc2cc(C(CCO)N(C)C)ccc2o1. The highest BCUT2D eigenvalue weighted by Gasteiger charge is 2.14. The van der Waals surface area contributed by atoms with Gasteiger partial charge in [0.15, 0.2) is 11.5 Å². The number of benzene rings is 1. The first-order valence-corrected chi connectivity index (χ1v) is 5.76. The van der Waals surface area contributed by atoms with Crippen molar-refractivity contribution >= 4 is 11.1 Å². The van der Waals surface area contributed by atoms with Gasteiger partial charge in [-0.25, -0.2) is 4.98 Å². The Morgan fingerprint density at radius 2 is 2.18 bits per heavy atom. The number of hydrogen-bond acceptors (Lipinski definition) is 4. The molecule has 1 aromatic carbocycles. The maximum atomic E-state index is 9.10. The number of aryl methyl sites for hydroxylation is 1. The van der Waals surface area contributed by atoms with Gasteiger partial charge in [-0.05, 0) is 38.2 Å². The molecule has 0 spiro atoms. The van der Waals surface area contributed by atoms with Crippen LogP contribution in [0.5, 0.6) is 0 Å². The molecule has 0 aliphatic rings. The Bertz CT molecular complexity index is 505. The summed E-state index contributed by atoms with van der Waals surface area (Å²) < 4.78 is 5.45. The number of aliphatic hydroxyl groups excluding tert-OH is 1. The van der Waals surface area contributed by atoms with E-state index in [0.717, 1.165) is 23.1 Å². The van der Waals surface area contributed by atoms with Crippen molar-refractivity contribution in [1.82, 2.24) is 9.88 Å². The Hall–Kier alpha value is -1.39. The van der Waals surface area contributed by atoms with Gasteiger partial charge in [0.1, 0.15) is 5.52 Å². The van der Waals surface area contributed by atoms with Crippen LogP contribution in [0.25, 0.3) is 11.1 Å². The number of nitrogens with zero attached hydrogens (tertiary/aromatic N) is 2. The summed E-state index contributed by atoms with van der Waals surface area (Å²) in [6, 6.07) is 6.22. The number of oxazole rings is 1. The summed E-state index contributed by atoms with van der Waals surface area (Å²) in [6.45, 7) is 2.02. The average Bonchev–Trinajstić information content (AvgIpc) is 2.64. The molecule has 1 unspecified atom stereocenters. The Labute approximate surface area is 101 Å². The lowest BCUT2D eigenvalue weighted by molar-refractivity contribution is 0.211. The fraction of sp³-hybridized carbons (Fsp3) is 0.462. The lowest BCUT2D eigenvalue weighted by Crippen LogP contribution is -2.20. The largest absolute Gasteiger partial charge is 0.441 e. The van der Waals surface area contributed by atoms with Crippen molar-refractivity contribution < 1.29 is 9.52 Å². The first-order chi connectivity index (χ1) is 8.11. The molecule has 2 aromatic rings. The Morgan fingerprint density at radius 3 is 2.82 bits per heavy atom. The molecular weight excluding hydrogens is 216 g/mol. The van der Waals surface area contributed by atoms with Crippen molar-refractivity contribution in [3.05, 3.63) is 29.7 Å². The standard InChI is InChI=1S/C13H18N2O2/c1-9-14-11-8-10(4-5-13(11)17-9)12(6-7-16)15(2)3/h4-5,8,12,16H,6-7H2,1-3H3. The van der Waals surface area contributed by atoms with E-state index >= 15 is 0 Å². The Kier molecular flexibility index (Phi) is 3.45. The number of hydrogen-bond donors (Lipinski definition) is 1. The molecule has 4 heteroatoms. The van der Waals surface area contributed by atoms with Crippen LogP contribution in [0.4, 0.5) is 0 Å². The van der Waals surface area contributed by atoms with E-state index in [1.807, 2.05) is 39.2 Å². The minimum absolute atomic E-state index is 0.179. The fourth-order valence-electron chi connectivity index (χ4n) is 2.11. The minimum Gasteiger partial charge on any atom is -0.441 e. The van der Waals surface area contributed by atoms with Crippen LogP contribution >= 0.6 is 0 Å². The first-order valence-electron chi connectivity index (χ1n) is 5.76. The van der Waals surface area contributed by atoms with Crippen molar-refractivity contribution in [3.8, 4) is 0 Å². The van der Waals surface area contributed by atoms with Crippen LogP contribution in [0.3, 0.4) is 0 Å². The molecule has 2 rings (SSSR count). The second kappa shape index (κ2) is 4.85. The second-order valence-corrected chi connectivity index (χ2v) is 4.45. The number of rotatable bonds is 4. The van der Waals surface area contributed by atoms with Crippen LogP contribution in [0, 0.1) is 6.92 Å².